The summed E-state index contributed by atoms with van der Waals surface area (Å²) in [6.07, 6.45) is 7.62. The van der Waals surface area contributed by atoms with Crippen molar-refractivity contribution in [3.05, 3.63) is 27.2 Å². The lowest BCUT2D eigenvalue weighted by molar-refractivity contribution is 0.809. The molecule has 0 unspecified atom stereocenters. The third-order valence-corrected chi connectivity index (χ3v) is 3.18. The summed E-state index contributed by atoms with van der Waals surface area (Å²) in [7, 11) is 1.95. The molecule has 0 atom stereocenters. The number of hydrogen-bond acceptors (Lipinski definition) is 3. The third-order valence-electron chi connectivity index (χ3n) is 2.15. The molecule has 18 heavy (non-hydrogen) atoms. The number of rotatable bonds is 2. The van der Waals surface area contributed by atoms with Gasteiger partial charge in [0.15, 0.2) is 0 Å². The average Bonchev–Trinajstić information content (AvgIpc) is 2.68. The van der Waals surface area contributed by atoms with Crippen molar-refractivity contribution < 1.29 is 0 Å². The molecule has 1 aromatic heterocycles. The lowest BCUT2D eigenvalue weighted by Crippen LogP contribution is -2.04. The monoisotopic (exact) mass is 266 g/mol. The minimum atomic E-state index is 0.860. The first kappa shape index (κ1) is 17.1. The summed E-state index contributed by atoms with van der Waals surface area (Å²) >= 11 is 1.77. The highest BCUT2D eigenvalue weighted by Crippen LogP contribution is 2.26. The van der Waals surface area contributed by atoms with Crippen molar-refractivity contribution >= 4 is 23.5 Å². The smallest absolute Gasteiger partial charge is 0.108 e. The maximum atomic E-state index is 4.58. The van der Waals surface area contributed by atoms with Crippen molar-refractivity contribution in [1.29, 1.82) is 0 Å². The summed E-state index contributed by atoms with van der Waals surface area (Å²) in [5.74, 6) is 0. The van der Waals surface area contributed by atoms with E-state index in [1.54, 1.807) is 11.3 Å². The molecular weight excluding hydrogens is 240 g/mol. The van der Waals surface area contributed by atoms with Crippen LogP contribution in [0.3, 0.4) is 0 Å². The van der Waals surface area contributed by atoms with E-state index in [0.29, 0.717) is 0 Å². The topological polar surface area (TPSA) is 24.9 Å². The summed E-state index contributed by atoms with van der Waals surface area (Å²) in [6, 6.07) is 0. The van der Waals surface area contributed by atoms with Gasteiger partial charge < -0.3 is 5.32 Å². The number of allylic oxidation sites excluding steroid dienone is 2. The summed E-state index contributed by atoms with van der Waals surface area (Å²) in [5.41, 5.74) is 2.51. The second-order valence-electron chi connectivity index (χ2n) is 3.48. The van der Waals surface area contributed by atoms with E-state index in [4.69, 9.17) is 0 Å². The molecule has 0 radical (unpaired) electrons. The van der Waals surface area contributed by atoms with Crippen LogP contribution in [-0.2, 0) is 6.54 Å². The molecule has 0 bridgehead atoms. The van der Waals surface area contributed by atoms with E-state index >= 15 is 0 Å². The minimum Gasteiger partial charge on any atom is -0.314 e. The summed E-state index contributed by atoms with van der Waals surface area (Å²) in [6.45, 7) is 11.0. The van der Waals surface area contributed by atoms with Gasteiger partial charge in [0.1, 0.15) is 5.01 Å². The molecule has 1 heterocycles. The first-order valence-corrected chi connectivity index (χ1v) is 7.59. The van der Waals surface area contributed by atoms with E-state index in [1.165, 1.54) is 10.5 Å². The summed E-state index contributed by atoms with van der Waals surface area (Å²) < 4.78 is 0. The van der Waals surface area contributed by atoms with E-state index in [1.807, 2.05) is 34.7 Å². The molecule has 1 N–H and O–H groups in total. The van der Waals surface area contributed by atoms with Crippen LogP contribution in [0, 0.1) is 0 Å². The molecular formula is C15H26N2S. The van der Waals surface area contributed by atoms with E-state index in [0.717, 1.165) is 23.7 Å². The van der Waals surface area contributed by atoms with E-state index < -0.39 is 0 Å². The van der Waals surface area contributed by atoms with Crippen LogP contribution in [0.25, 0.3) is 12.2 Å². The van der Waals surface area contributed by atoms with Gasteiger partial charge in [-0.3, -0.25) is 0 Å². The molecule has 0 spiro atoms. The Morgan fingerprint density at radius 3 is 2.56 bits per heavy atom. The van der Waals surface area contributed by atoms with Gasteiger partial charge in [-0.15, -0.1) is 11.3 Å². The highest BCUT2D eigenvalue weighted by Gasteiger charge is 2.08. The standard InChI is InChI=1S/C11H14N2S.2C2H6/c1-8-4-3-5-10-9(6-8)13-11(14-10)7-12-2;2*1-2/h3,5-6,12H,4,7H2,1-2H3;2*1-2H3. The number of nitrogens with one attached hydrogen (secondary N) is 1. The van der Waals surface area contributed by atoms with Crippen molar-refractivity contribution in [2.75, 3.05) is 7.05 Å². The van der Waals surface area contributed by atoms with E-state index in [9.17, 15) is 0 Å². The largest absolute Gasteiger partial charge is 0.314 e. The first-order chi connectivity index (χ1) is 8.79. The second kappa shape index (κ2) is 10.0. The Hall–Kier alpha value is -0.930. The van der Waals surface area contributed by atoms with Crippen LogP contribution in [0.4, 0.5) is 0 Å². The molecule has 1 aromatic rings. The van der Waals surface area contributed by atoms with Gasteiger partial charge in [-0.25, -0.2) is 4.98 Å². The van der Waals surface area contributed by atoms with Crippen LogP contribution in [-0.4, -0.2) is 12.0 Å². The fourth-order valence-electron chi connectivity index (χ4n) is 1.49. The molecule has 0 saturated heterocycles. The Bertz CT molecular complexity index is 389. The molecule has 3 heteroatoms. The van der Waals surface area contributed by atoms with Gasteiger partial charge in [0.2, 0.25) is 0 Å². The highest BCUT2D eigenvalue weighted by atomic mass is 32.1. The SMILES string of the molecule is CC.CC.CNCc1nc2c(s1)C=CCC(C)=C2. The van der Waals surface area contributed by atoms with Gasteiger partial charge in [-0.2, -0.15) is 0 Å². The Morgan fingerprint density at radius 2 is 1.94 bits per heavy atom. The van der Waals surface area contributed by atoms with Crippen LogP contribution in [0.5, 0.6) is 0 Å². The maximum Gasteiger partial charge on any atom is 0.108 e. The Labute approximate surface area is 116 Å². The Kier molecular flexibility index (Phi) is 9.52. The summed E-state index contributed by atoms with van der Waals surface area (Å²) in [5, 5.41) is 4.28. The minimum absolute atomic E-state index is 0.860. The molecule has 0 amide bonds. The zero-order valence-electron chi connectivity index (χ0n) is 12.5. The molecule has 0 aliphatic heterocycles. The molecule has 0 fully saturated rings. The van der Waals surface area contributed by atoms with E-state index in [2.05, 4.69) is 35.5 Å². The van der Waals surface area contributed by atoms with Gasteiger partial charge in [0, 0.05) is 6.54 Å². The number of aromatic nitrogens is 1. The van der Waals surface area contributed by atoms with Crippen LogP contribution in [0.2, 0.25) is 0 Å². The molecule has 1 aliphatic rings. The predicted molar refractivity (Wildman–Crippen MR) is 84.9 cm³/mol. The molecule has 0 aromatic carbocycles. The lowest BCUT2D eigenvalue weighted by Gasteiger charge is -1.92. The molecule has 2 nitrogen and oxygen atoms in total. The molecule has 0 saturated carbocycles. The first-order valence-electron chi connectivity index (χ1n) is 6.77. The zero-order valence-corrected chi connectivity index (χ0v) is 13.3. The van der Waals surface area contributed by atoms with Crippen LogP contribution < -0.4 is 5.32 Å². The Balaban J connectivity index is 0.000000659. The highest BCUT2D eigenvalue weighted by molar-refractivity contribution is 7.12. The van der Waals surface area contributed by atoms with Gasteiger partial charge in [-0.05, 0) is 32.5 Å². The van der Waals surface area contributed by atoms with Crippen LogP contribution in [0.1, 0.15) is 56.6 Å². The second-order valence-corrected chi connectivity index (χ2v) is 4.60. The van der Waals surface area contributed by atoms with Crippen molar-refractivity contribution in [2.24, 2.45) is 0 Å². The quantitative estimate of drug-likeness (QED) is 0.836. The van der Waals surface area contributed by atoms with Crippen molar-refractivity contribution in [2.45, 2.75) is 47.6 Å². The van der Waals surface area contributed by atoms with Gasteiger partial charge >= 0.3 is 0 Å². The van der Waals surface area contributed by atoms with Gasteiger partial charge in [0.05, 0.1) is 10.6 Å². The number of thiazole rings is 1. The van der Waals surface area contributed by atoms with E-state index in [-0.39, 0.29) is 0 Å². The van der Waals surface area contributed by atoms with Gasteiger partial charge in [0.25, 0.3) is 0 Å². The average molecular weight is 266 g/mol. The molecule has 102 valence electrons. The summed E-state index contributed by atoms with van der Waals surface area (Å²) in [4.78, 5) is 5.86. The fraction of sp³-hybridized carbons (Fsp3) is 0.533. The number of hydrogen-bond donors (Lipinski definition) is 1. The van der Waals surface area contributed by atoms with Crippen molar-refractivity contribution in [1.82, 2.24) is 10.3 Å². The van der Waals surface area contributed by atoms with Crippen LogP contribution >= 0.6 is 11.3 Å². The van der Waals surface area contributed by atoms with Gasteiger partial charge in [-0.1, -0.05) is 39.3 Å². The third kappa shape index (κ3) is 5.15. The zero-order chi connectivity index (χ0) is 14.0. The van der Waals surface area contributed by atoms with Crippen molar-refractivity contribution in [3.8, 4) is 0 Å². The van der Waals surface area contributed by atoms with Crippen molar-refractivity contribution in [3.63, 3.8) is 0 Å². The maximum absolute atomic E-state index is 4.58. The molecule has 2 rings (SSSR count). The number of nitrogens with zero attached hydrogens (tertiary/aromatic N) is 1. The lowest BCUT2D eigenvalue weighted by atomic mass is 10.2. The fourth-order valence-corrected chi connectivity index (χ4v) is 2.47. The Morgan fingerprint density at radius 1 is 1.28 bits per heavy atom. The van der Waals surface area contributed by atoms with Crippen LogP contribution in [0.15, 0.2) is 11.6 Å². The number of fused-ring (bicyclic) bond motifs is 1. The predicted octanol–water partition coefficient (Wildman–Crippen LogP) is 4.74. The molecule has 1 aliphatic carbocycles. The normalized spacial score (nSPS) is 12.2.